The molecule has 2 rings (SSSR count). The SMILES string of the molecule is NC(=S)CNC(=O)c1ccc2ccccc2c1O. The van der Waals surface area contributed by atoms with Crippen molar-refractivity contribution in [1.82, 2.24) is 5.32 Å². The van der Waals surface area contributed by atoms with E-state index in [2.05, 4.69) is 17.5 Å². The van der Waals surface area contributed by atoms with Crippen LogP contribution < -0.4 is 11.1 Å². The molecule has 92 valence electrons. The van der Waals surface area contributed by atoms with Crippen molar-refractivity contribution >= 4 is 33.9 Å². The summed E-state index contributed by atoms with van der Waals surface area (Å²) in [5.41, 5.74) is 5.51. The number of rotatable bonds is 3. The van der Waals surface area contributed by atoms with E-state index >= 15 is 0 Å². The van der Waals surface area contributed by atoms with Gasteiger partial charge in [-0.05, 0) is 11.5 Å². The van der Waals surface area contributed by atoms with Crippen molar-refractivity contribution in [2.24, 2.45) is 5.73 Å². The highest BCUT2D eigenvalue weighted by Gasteiger charge is 2.13. The van der Waals surface area contributed by atoms with E-state index in [1.165, 1.54) is 0 Å². The lowest BCUT2D eigenvalue weighted by Crippen LogP contribution is -2.32. The second kappa shape index (κ2) is 5.01. The van der Waals surface area contributed by atoms with Crippen molar-refractivity contribution in [2.45, 2.75) is 0 Å². The number of hydrogen-bond acceptors (Lipinski definition) is 3. The molecule has 0 fully saturated rings. The molecule has 0 spiro atoms. The van der Waals surface area contributed by atoms with E-state index in [0.717, 1.165) is 5.39 Å². The van der Waals surface area contributed by atoms with Crippen LogP contribution in [0.25, 0.3) is 10.8 Å². The molecule has 0 unspecified atom stereocenters. The first kappa shape index (κ1) is 12.3. The maximum atomic E-state index is 11.8. The molecular weight excluding hydrogens is 248 g/mol. The topological polar surface area (TPSA) is 75.3 Å². The Bertz CT molecular complexity index is 625. The molecule has 5 heteroatoms. The van der Waals surface area contributed by atoms with Gasteiger partial charge < -0.3 is 16.2 Å². The molecule has 4 nitrogen and oxygen atoms in total. The minimum atomic E-state index is -0.397. The third kappa shape index (κ3) is 2.41. The minimum Gasteiger partial charge on any atom is -0.506 e. The number of thiocarbonyl (C=S) groups is 1. The van der Waals surface area contributed by atoms with Gasteiger partial charge >= 0.3 is 0 Å². The van der Waals surface area contributed by atoms with E-state index in [4.69, 9.17) is 5.73 Å². The van der Waals surface area contributed by atoms with Gasteiger partial charge in [-0.15, -0.1) is 0 Å². The first-order chi connectivity index (χ1) is 8.59. The molecule has 0 bridgehead atoms. The summed E-state index contributed by atoms with van der Waals surface area (Å²) in [7, 11) is 0. The first-order valence-corrected chi connectivity index (χ1v) is 5.77. The highest BCUT2D eigenvalue weighted by atomic mass is 32.1. The van der Waals surface area contributed by atoms with Gasteiger partial charge in [0.15, 0.2) is 0 Å². The number of benzene rings is 2. The Hall–Kier alpha value is -2.14. The van der Waals surface area contributed by atoms with Crippen LogP contribution >= 0.6 is 12.2 Å². The van der Waals surface area contributed by atoms with E-state index in [1.807, 2.05) is 12.1 Å². The molecule has 18 heavy (non-hydrogen) atoms. The van der Waals surface area contributed by atoms with Crippen LogP contribution in [-0.4, -0.2) is 22.5 Å². The van der Waals surface area contributed by atoms with Crippen LogP contribution in [0.15, 0.2) is 36.4 Å². The number of aromatic hydroxyl groups is 1. The van der Waals surface area contributed by atoms with Crippen molar-refractivity contribution in [1.29, 1.82) is 0 Å². The van der Waals surface area contributed by atoms with Gasteiger partial charge in [0, 0.05) is 5.39 Å². The smallest absolute Gasteiger partial charge is 0.255 e. The van der Waals surface area contributed by atoms with Crippen LogP contribution in [0.5, 0.6) is 5.75 Å². The number of carbonyl (C=O) groups is 1. The van der Waals surface area contributed by atoms with E-state index in [0.29, 0.717) is 5.39 Å². The van der Waals surface area contributed by atoms with Gasteiger partial charge in [-0.25, -0.2) is 0 Å². The molecule has 0 saturated heterocycles. The summed E-state index contributed by atoms with van der Waals surface area (Å²) in [6.45, 7) is 0.112. The molecular formula is C13H12N2O2S. The first-order valence-electron chi connectivity index (χ1n) is 5.37. The third-order valence-electron chi connectivity index (χ3n) is 2.57. The number of phenols is 1. The largest absolute Gasteiger partial charge is 0.506 e. The Morgan fingerprint density at radius 1 is 1.28 bits per heavy atom. The van der Waals surface area contributed by atoms with E-state index < -0.39 is 5.91 Å². The quantitative estimate of drug-likeness (QED) is 0.732. The van der Waals surface area contributed by atoms with Crippen LogP contribution in [0, 0.1) is 0 Å². The van der Waals surface area contributed by atoms with Gasteiger partial charge in [0.1, 0.15) is 5.75 Å². The molecule has 4 N–H and O–H groups in total. The van der Waals surface area contributed by atoms with Crippen molar-refractivity contribution in [3.63, 3.8) is 0 Å². The van der Waals surface area contributed by atoms with Gasteiger partial charge in [0.05, 0.1) is 17.1 Å². The summed E-state index contributed by atoms with van der Waals surface area (Å²) in [6.07, 6.45) is 0. The zero-order valence-corrected chi connectivity index (χ0v) is 10.3. The van der Waals surface area contributed by atoms with Crippen LogP contribution in [0.4, 0.5) is 0 Å². The van der Waals surface area contributed by atoms with Crippen LogP contribution in [0.1, 0.15) is 10.4 Å². The lowest BCUT2D eigenvalue weighted by atomic mass is 10.0. The molecule has 0 aliphatic heterocycles. The third-order valence-corrected chi connectivity index (χ3v) is 2.71. The van der Waals surface area contributed by atoms with E-state index in [1.54, 1.807) is 24.3 Å². The van der Waals surface area contributed by atoms with Crippen molar-refractivity contribution in [3.05, 3.63) is 42.0 Å². The lowest BCUT2D eigenvalue weighted by Gasteiger charge is -2.08. The number of amides is 1. The van der Waals surface area contributed by atoms with Gasteiger partial charge in [0.2, 0.25) is 0 Å². The molecule has 0 aliphatic rings. The molecule has 2 aromatic carbocycles. The zero-order chi connectivity index (χ0) is 13.1. The second-order valence-electron chi connectivity index (χ2n) is 3.83. The van der Waals surface area contributed by atoms with E-state index in [9.17, 15) is 9.90 Å². The fourth-order valence-corrected chi connectivity index (χ4v) is 1.77. The van der Waals surface area contributed by atoms with Crippen LogP contribution in [0.3, 0.4) is 0 Å². The van der Waals surface area contributed by atoms with E-state index in [-0.39, 0.29) is 22.8 Å². The summed E-state index contributed by atoms with van der Waals surface area (Å²) >= 11 is 4.67. The normalized spacial score (nSPS) is 10.2. The van der Waals surface area contributed by atoms with Crippen LogP contribution in [0.2, 0.25) is 0 Å². The van der Waals surface area contributed by atoms with Crippen molar-refractivity contribution in [3.8, 4) is 5.75 Å². The summed E-state index contributed by atoms with van der Waals surface area (Å²) < 4.78 is 0. The Morgan fingerprint density at radius 3 is 2.72 bits per heavy atom. The number of nitrogens with one attached hydrogen (secondary N) is 1. The fraction of sp³-hybridized carbons (Fsp3) is 0.0769. The Morgan fingerprint density at radius 2 is 2.00 bits per heavy atom. The summed E-state index contributed by atoms with van der Waals surface area (Å²) in [6, 6.07) is 10.7. The van der Waals surface area contributed by atoms with Gasteiger partial charge in [-0.2, -0.15) is 0 Å². The number of hydrogen-bond donors (Lipinski definition) is 3. The highest BCUT2D eigenvalue weighted by Crippen LogP contribution is 2.28. The molecule has 0 aliphatic carbocycles. The summed E-state index contributed by atoms with van der Waals surface area (Å²) in [5, 5.41) is 14.1. The minimum absolute atomic E-state index is 0.0338. The average molecular weight is 260 g/mol. The molecule has 0 heterocycles. The predicted octanol–water partition coefficient (Wildman–Crippen LogP) is 1.56. The molecule has 0 saturated carbocycles. The molecule has 1 amide bonds. The average Bonchev–Trinajstić information content (AvgIpc) is 2.37. The maximum Gasteiger partial charge on any atom is 0.255 e. The molecule has 0 aromatic heterocycles. The van der Waals surface area contributed by atoms with Gasteiger partial charge in [-0.1, -0.05) is 42.5 Å². The fourth-order valence-electron chi connectivity index (χ4n) is 1.70. The summed E-state index contributed by atoms with van der Waals surface area (Å²) in [5.74, 6) is -0.431. The van der Waals surface area contributed by atoms with Crippen molar-refractivity contribution in [2.75, 3.05) is 6.54 Å². The Labute approximate surface area is 109 Å². The Kier molecular flexibility index (Phi) is 3.43. The highest BCUT2D eigenvalue weighted by molar-refractivity contribution is 7.80. The number of phenolic OH excluding ortho intramolecular Hbond substituents is 1. The lowest BCUT2D eigenvalue weighted by molar-refractivity contribution is 0.0957. The second-order valence-corrected chi connectivity index (χ2v) is 4.36. The predicted molar refractivity (Wildman–Crippen MR) is 74.7 cm³/mol. The monoisotopic (exact) mass is 260 g/mol. The molecule has 2 aromatic rings. The number of fused-ring (bicyclic) bond motifs is 1. The van der Waals surface area contributed by atoms with Crippen LogP contribution in [-0.2, 0) is 0 Å². The molecule has 0 atom stereocenters. The van der Waals surface area contributed by atoms with Gasteiger partial charge in [0.25, 0.3) is 5.91 Å². The Balaban J connectivity index is 2.37. The maximum absolute atomic E-state index is 11.8. The molecule has 0 radical (unpaired) electrons. The number of nitrogens with two attached hydrogens (primary N) is 1. The van der Waals surface area contributed by atoms with Gasteiger partial charge in [-0.3, -0.25) is 4.79 Å². The summed E-state index contributed by atoms with van der Waals surface area (Å²) in [4.78, 5) is 12.0. The standard InChI is InChI=1S/C13H12N2O2S/c14-11(18)7-15-13(17)10-6-5-8-3-1-2-4-9(8)12(10)16/h1-6,16H,7H2,(H2,14,18)(H,15,17). The van der Waals surface area contributed by atoms with Crippen molar-refractivity contribution < 1.29 is 9.90 Å². The zero-order valence-electron chi connectivity index (χ0n) is 9.51. The number of carbonyl (C=O) groups excluding carboxylic acids is 1.